The Kier molecular flexibility index (Phi) is 4.66. The molecule has 0 heterocycles. The molecule has 2 aromatic rings. The number of carbonyl (C=O) groups excluding carboxylic acids is 1. The Balaban J connectivity index is 2.14. The van der Waals surface area contributed by atoms with Crippen molar-refractivity contribution < 1.29 is 19.4 Å². The Hall–Kier alpha value is -2.69. The van der Waals surface area contributed by atoms with Crippen molar-refractivity contribution in [2.24, 2.45) is 0 Å². The van der Waals surface area contributed by atoms with Crippen molar-refractivity contribution >= 4 is 11.6 Å². The minimum atomic E-state index is -0.247. The van der Waals surface area contributed by atoms with Gasteiger partial charge in [0, 0.05) is 11.6 Å². The maximum absolute atomic E-state index is 12.1. The fraction of sp³-hybridized carbons (Fsp3) is 0.188. The fourth-order valence-corrected chi connectivity index (χ4v) is 1.94. The molecule has 1 amide bonds. The van der Waals surface area contributed by atoms with E-state index in [2.05, 4.69) is 5.32 Å². The van der Waals surface area contributed by atoms with Gasteiger partial charge in [-0.2, -0.15) is 0 Å². The molecule has 2 N–H and O–H groups in total. The summed E-state index contributed by atoms with van der Waals surface area (Å²) in [6.07, 6.45) is 0.0764. The van der Waals surface area contributed by atoms with Crippen LogP contribution in [0.1, 0.15) is 5.56 Å². The van der Waals surface area contributed by atoms with Gasteiger partial charge < -0.3 is 19.9 Å². The number of nitrogens with one attached hydrogen (secondary N) is 1. The van der Waals surface area contributed by atoms with Gasteiger partial charge in [0.2, 0.25) is 5.91 Å². The smallest absolute Gasteiger partial charge is 0.229 e. The van der Waals surface area contributed by atoms with Gasteiger partial charge in [-0.25, -0.2) is 0 Å². The average Bonchev–Trinajstić information content (AvgIpc) is 2.49. The number of methoxy groups -OCH3 is 2. The van der Waals surface area contributed by atoms with E-state index >= 15 is 0 Å². The standard InChI is InChI=1S/C16H17NO4/c1-20-12-7-8-15(21-2)13(10-12)17-16(19)9-11-5-3-4-6-14(11)18/h3-8,10,18H,9H2,1-2H3,(H,17,19). The number of phenols is 1. The molecular formula is C16H17NO4. The summed E-state index contributed by atoms with van der Waals surface area (Å²) in [4.78, 5) is 12.1. The second kappa shape index (κ2) is 6.65. The number of phenolic OH excluding ortho intramolecular Hbond substituents is 1. The molecule has 0 unspecified atom stereocenters. The molecule has 110 valence electrons. The summed E-state index contributed by atoms with van der Waals surface area (Å²) < 4.78 is 10.3. The van der Waals surface area contributed by atoms with Crippen molar-refractivity contribution in [3.05, 3.63) is 48.0 Å². The van der Waals surface area contributed by atoms with E-state index in [1.165, 1.54) is 7.11 Å². The number of anilines is 1. The first-order valence-electron chi connectivity index (χ1n) is 6.42. The summed E-state index contributed by atoms with van der Waals surface area (Å²) in [5, 5.41) is 12.4. The highest BCUT2D eigenvalue weighted by Crippen LogP contribution is 2.29. The summed E-state index contributed by atoms with van der Waals surface area (Å²) in [6.45, 7) is 0. The third kappa shape index (κ3) is 3.66. The van der Waals surface area contributed by atoms with Crippen LogP contribution in [0, 0.1) is 0 Å². The minimum absolute atomic E-state index is 0.0764. The van der Waals surface area contributed by atoms with E-state index in [1.54, 1.807) is 49.6 Å². The van der Waals surface area contributed by atoms with E-state index in [-0.39, 0.29) is 18.1 Å². The molecule has 2 rings (SSSR count). The topological polar surface area (TPSA) is 67.8 Å². The van der Waals surface area contributed by atoms with E-state index in [0.717, 1.165) is 0 Å². The predicted octanol–water partition coefficient (Wildman–Crippen LogP) is 2.59. The van der Waals surface area contributed by atoms with E-state index in [9.17, 15) is 9.90 Å². The Morgan fingerprint density at radius 2 is 1.90 bits per heavy atom. The Morgan fingerprint density at radius 3 is 2.57 bits per heavy atom. The number of hydrogen-bond acceptors (Lipinski definition) is 4. The van der Waals surface area contributed by atoms with Crippen molar-refractivity contribution in [2.75, 3.05) is 19.5 Å². The second-order valence-corrected chi connectivity index (χ2v) is 4.42. The van der Waals surface area contributed by atoms with Gasteiger partial charge in [0.1, 0.15) is 17.2 Å². The van der Waals surface area contributed by atoms with Crippen LogP contribution in [-0.4, -0.2) is 25.2 Å². The number of hydrogen-bond donors (Lipinski definition) is 2. The number of ether oxygens (including phenoxy) is 2. The normalized spacial score (nSPS) is 10.0. The molecule has 2 aromatic carbocycles. The molecule has 0 bridgehead atoms. The number of para-hydroxylation sites is 1. The van der Waals surface area contributed by atoms with E-state index in [4.69, 9.17) is 9.47 Å². The highest BCUT2D eigenvalue weighted by molar-refractivity contribution is 5.94. The van der Waals surface area contributed by atoms with Gasteiger partial charge in [0.15, 0.2) is 0 Å². The van der Waals surface area contributed by atoms with Gasteiger partial charge >= 0.3 is 0 Å². The molecule has 0 aromatic heterocycles. The van der Waals surface area contributed by atoms with Crippen LogP contribution in [0.2, 0.25) is 0 Å². The van der Waals surface area contributed by atoms with Gasteiger partial charge in [-0.15, -0.1) is 0 Å². The highest BCUT2D eigenvalue weighted by Gasteiger charge is 2.11. The first-order valence-corrected chi connectivity index (χ1v) is 6.42. The summed E-state index contributed by atoms with van der Waals surface area (Å²) in [7, 11) is 3.08. The molecule has 0 saturated heterocycles. The lowest BCUT2D eigenvalue weighted by atomic mass is 10.1. The lowest BCUT2D eigenvalue weighted by molar-refractivity contribution is -0.115. The van der Waals surface area contributed by atoms with Crippen molar-refractivity contribution in [3.63, 3.8) is 0 Å². The van der Waals surface area contributed by atoms with Gasteiger partial charge in [0.05, 0.1) is 26.3 Å². The molecule has 5 heteroatoms. The van der Waals surface area contributed by atoms with Crippen molar-refractivity contribution in [1.82, 2.24) is 0 Å². The number of amides is 1. The summed E-state index contributed by atoms with van der Waals surface area (Å²) >= 11 is 0. The van der Waals surface area contributed by atoms with Crippen LogP contribution in [-0.2, 0) is 11.2 Å². The number of aromatic hydroxyl groups is 1. The third-order valence-electron chi connectivity index (χ3n) is 3.02. The van der Waals surface area contributed by atoms with Gasteiger partial charge in [-0.05, 0) is 18.2 Å². The van der Waals surface area contributed by atoms with Gasteiger partial charge in [-0.3, -0.25) is 4.79 Å². The summed E-state index contributed by atoms with van der Waals surface area (Å²) in [5.41, 5.74) is 1.09. The largest absolute Gasteiger partial charge is 0.508 e. The third-order valence-corrected chi connectivity index (χ3v) is 3.02. The van der Waals surface area contributed by atoms with Crippen LogP contribution in [0.15, 0.2) is 42.5 Å². The molecule has 0 aliphatic heterocycles. The van der Waals surface area contributed by atoms with Crippen LogP contribution < -0.4 is 14.8 Å². The molecule has 0 fully saturated rings. The summed E-state index contributed by atoms with van der Waals surface area (Å²) in [6, 6.07) is 11.9. The molecule has 0 aliphatic rings. The number of carbonyl (C=O) groups is 1. The Bertz CT molecular complexity index is 640. The molecule has 0 saturated carbocycles. The zero-order valence-corrected chi connectivity index (χ0v) is 11.9. The summed E-state index contributed by atoms with van der Waals surface area (Å²) in [5.74, 6) is 1.02. The van der Waals surface area contributed by atoms with Gasteiger partial charge in [0.25, 0.3) is 0 Å². The quantitative estimate of drug-likeness (QED) is 0.887. The zero-order chi connectivity index (χ0) is 15.2. The van der Waals surface area contributed by atoms with Crippen LogP contribution in [0.3, 0.4) is 0 Å². The first kappa shape index (κ1) is 14.7. The van der Waals surface area contributed by atoms with E-state index in [0.29, 0.717) is 22.7 Å². The fourth-order valence-electron chi connectivity index (χ4n) is 1.94. The van der Waals surface area contributed by atoms with Gasteiger partial charge in [-0.1, -0.05) is 18.2 Å². The monoisotopic (exact) mass is 287 g/mol. The highest BCUT2D eigenvalue weighted by atomic mass is 16.5. The molecule has 0 atom stereocenters. The first-order chi connectivity index (χ1) is 10.1. The molecular weight excluding hydrogens is 270 g/mol. The molecule has 5 nitrogen and oxygen atoms in total. The Labute approximate surface area is 123 Å². The SMILES string of the molecule is COc1ccc(OC)c(NC(=O)Cc2ccccc2O)c1. The van der Waals surface area contributed by atoms with Crippen molar-refractivity contribution in [2.45, 2.75) is 6.42 Å². The van der Waals surface area contributed by atoms with E-state index in [1.807, 2.05) is 0 Å². The van der Waals surface area contributed by atoms with E-state index < -0.39 is 0 Å². The molecule has 21 heavy (non-hydrogen) atoms. The van der Waals surface area contributed by atoms with Crippen LogP contribution >= 0.6 is 0 Å². The molecule has 0 spiro atoms. The Morgan fingerprint density at radius 1 is 1.14 bits per heavy atom. The zero-order valence-electron chi connectivity index (χ0n) is 11.9. The lowest BCUT2D eigenvalue weighted by Gasteiger charge is -2.12. The minimum Gasteiger partial charge on any atom is -0.508 e. The van der Waals surface area contributed by atoms with Crippen molar-refractivity contribution in [3.8, 4) is 17.2 Å². The second-order valence-electron chi connectivity index (χ2n) is 4.42. The maximum Gasteiger partial charge on any atom is 0.229 e. The van der Waals surface area contributed by atoms with Crippen molar-refractivity contribution in [1.29, 1.82) is 0 Å². The van der Waals surface area contributed by atoms with Crippen LogP contribution in [0.25, 0.3) is 0 Å². The predicted molar refractivity (Wildman–Crippen MR) is 80.0 cm³/mol. The molecule has 0 radical (unpaired) electrons. The van der Waals surface area contributed by atoms with Crippen LogP contribution in [0.4, 0.5) is 5.69 Å². The maximum atomic E-state index is 12.1. The number of benzene rings is 2. The lowest BCUT2D eigenvalue weighted by Crippen LogP contribution is -2.15. The number of rotatable bonds is 5. The average molecular weight is 287 g/mol. The molecule has 0 aliphatic carbocycles. The van der Waals surface area contributed by atoms with Crippen LogP contribution in [0.5, 0.6) is 17.2 Å².